The second kappa shape index (κ2) is 5.63. The van der Waals surface area contributed by atoms with Gasteiger partial charge in [0.15, 0.2) is 0 Å². The minimum absolute atomic E-state index is 0.00948. The molecule has 2 aromatic rings. The van der Waals surface area contributed by atoms with Crippen molar-refractivity contribution in [1.29, 1.82) is 5.26 Å². The molecule has 0 saturated heterocycles. The molecule has 0 atom stereocenters. The molecule has 1 aromatic heterocycles. The second-order valence-electron chi connectivity index (χ2n) is 4.92. The molecule has 0 spiro atoms. The standard InChI is InChI=1S/C16H15N3O2/c1-10-3-5-13(11(2)7-10)14-6-4-12(8-17)16(21)19(14)9-15(18)20/h3-7H,9H2,1-2H3,(H2,18,20). The van der Waals surface area contributed by atoms with Crippen LogP contribution < -0.4 is 11.3 Å². The van der Waals surface area contributed by atoms with Crippen molar-refractivity contribution in [2.75, 3.05) is 0 Å². The van der Waals surface area contributed by atoms with Gasteiger partial charge in [0.1, 0.15) is 18.2 Å². The molecule has 0 saturated carbocycles. The SMILES string of the molecule is Cc1ccc(-c2ccc(C#N)c(=O)n2CC(N)=O)c(C)c1. The van der Waals surface area contributed by atoms with Crippen molar-refractivity contribution in [2.24, 2.45) is 5.73 Å². The first-order valence-corrected chi connectivity index (χ1v) is 6.44. The van der Waals surface area contributed by atoms with Crippen molar-refractivity contribution in [3.63, 3.8) is 0 Å². The van der Waals surface area contributed by atoms with Gasteiger partial charge in [-0.2, -0.15) is 5.26 Å². The number of nitriles is 1. The van der Waals surface area contributed by atoms with Crippen molar-refractivity contribution in [3.8, 4) is 17.3 Å². The van der Waals surface area contributed by atoms with Crippen LogP contribution in [-0.4, -0.2) is 10.5 Å². The summed E-state index contributed by atoms with van der Waals surface area (Å²) >= 11 is 0. The third-order valence-corrected chi connectivity index (χ3v) is 3.27. The van der Waals surface area contributed by atoms with Crippen molar-refractivity contribution < 1.29 is 4.79 Å². The van der Waals surface area contributed by atoms with E-state index in [4.69, 9.17) is 11.0 Å². The number of amides is 1. The van der Waals surface area contributed by atoms with Crippen molar-refractivity contribution in [3.05, 3.63) is 57.4 Å². The van der Waals surface area contributed by atoms with E-state index in [1.165, 1.54) is 10.6 Å². The molecule has 0 bridgehead atoms. The summed E-state index contributed by atoms with van der Waals surface area (Å²) in [6, 6.07) is 10.8. The van der Waals surface area contributed by atoms with Crippen LogP contribution in [-0.2, 0) is 11.3 Å². The Morgan fingerprint density at radius 2 is 2.00 bits per heavy atom. The van der Waals surface area contributed by atoms with Crippen LogP contribution in [0.4, 0.5) is 0 Å². The minimum Gasteiger partial charge on any atom is -0.368 e. The van der Waals surface area contributed by atoms with Crippen molar-refractivity contribution >= 4 is 5.91 Å². The Morgan fingerprint density at radius 3 is 2.57 bits per heavy atom. The second-order valence-corrected chi connectivity index (χ2v) is 4.92. The average molecular weight is 281 g/mol. The predicted molar refractivity (Wildman–Crippen MR) is 79.5 cm³/mol. The van der Waals surface area contributed by atoms with Gasteiger partial charge in [0.25, 0.3) is 5.56 Å². The lowest BCUT2D eigenvalue weighted by molar-refractivity contribution is -0.118. The minimum atomic E-state index is -0.627. The van der Waals surface area contributed by atoms with Crippen LogP contribution in [0, 0.1) is 25.2 Å². The first kappa shape index (κ1) is 14.5. The third kappa shape index (κ3) is 2.84. The van der Waals surface area contributed by atoms with Gasteiger partial charge in [-0.1, -0.05) is 23.8 Å². The van der Waals surface area contributed by atoms with E-state index in [0.29, 0.717) is 5.69 Å². The van der Waals surface area contributed by atoms with Crippen LogP contribution in [0.15, 0.2) is 35.1 Å². The number of nitrogens with two attached hydrogens (primary N) is 1. The molecule has 0 aliphatic heterocycles. The molecule has 0 aliphatic carbocycles. The largest absolute Gasteiger partial charge is 0.368 e. The summed E-state index contributed by atoms with van der Waals surface area (Å²) in [6.07, 6.45) is 0. The Kier molecular flexibility index (Phi) is 3.90. The molecule has 0 radical (unpaired) electrons. The van der Waals surface area contributed by atoms with Crippen LogP contribution in [0.3, 0.4) is 0 Å². The molecule has 5 nitrogen and oxygen atoms in total. The van der Waals surface area contributed by atoms with Gasteiger partial charge in [-0.3, -0.25) is 14.2 Å². The maximum absolute atomic E-state index is 12.2. The van der Waals surface area contributed by atoms with Gasteiger partial charge in [-0.15, -0.1) is 0 Å². The highest BCUT2D eigenvalue weighted by Crippen LogP contribution is 2.23. The lowest BCUT2D eigenvalue weighted by Gasteiger charge is -2.14. The Labute approximate surface area is 122 Å². The molecule has 2 rings (SSSR count). The van der Waals surface area contributed by atoms with Gasteiger partial charge in [-0.25, -0.2) is 0 Å². The number of benzene rings is 1. The highest BCUT2D eigenvalue weighted by atomic mass is 16.2. The fraction of sp³-hybridized carbons (Fsp3) is 0.188. The maximum Gasteiger partial charge on any atom is 0.269 e. The van der Waals surface area contributed by atoms with Crippen LogP contribution in [0.5, 0.6) is 0 Å². The summed E-state index contributed by atoms with van der Waals surface area (Å²) in [6.45, 7) is 3.66. The quantitative estimate of drug-likeness (QED) is 0.924. The van der Waals surface area contributed by atoms with Gasteiger partial charge in [0, 0.05) is 5.56 Å². The fourth-order valence-corrected chi connectivity index (χ4v) is 2.31. The zero-order valence-corrected chi connectivity index (χ0v) is 11.9. The number of aromatic nitrogens is 1. The van der Waals surface area contributed by atoms with E-state index in [0.717, 1.165) is 16.7 Å². The normalized spacial score (nSPS) is 10.1. The molecule has 2 N–H and O–H groups in total. The van der Waals surface area contributed by atoms with E-state index in [1.807, 2.05) is 38.1 Å². The van der Waals surface area contributed by atoms with E-state index in [9.17, 15) is 9.59 Å². The van der Waals surface area contributed by atoms with Crippen LogP contribution in [0.25, 0.3) is 11.3 Å². The fourth-order valence-electron chi connectivity index (χ4n) is 2.31. The maximum atomic E-state index is 12.2. The van der Waals surface area contributed by atoms with Crippen LogP contribution in [0.2, 0.25) is 0 Å². The Bertz CT molecular complexity index is 813. The number of pyridine rings is 1. The molecule has 1 heterocycles. The molecule has 0 fully saturated rings. The van der Waals surface area contributed by atoms with E-state index < -0.39 is 11.5 Å². The zero-order valence-electron chi connectivity index (χ0n) is 11.9. The highest BCUT2D eigenvalue weighted by Gasteiger charge is 2.13. The summed E-state index contributed by atoms with van der Waals surface area (Å²) in [5.74, 6) is -0.627. The predicted octanol–water partition coefficient (Wildman–Crippen LogP) is 1.49. The monoisotopic (exact) mass is 281 g/mol. The molecule has 1 aromatic carbocycles. The summed E-state index contributed by atoms with van der Waals surface area (Å²) in [5, 5.41) is 8.95. The highest BCUT2D eigenvalue weighted by molar-refractivity contribution is 5.75. The summed E-state index contributed by atoms with van der Waals surface area (Å²) in [7, 11) is 0. The molecular formula is C16H15N3O2. The molecule has 106 valence electrons. The molecule has 0 aliphatic rings. The summed E-state index contributed by atoms with van der Waals surface area (Å²) < 4.78 is 1.25. The van der Waals surface area contributed by atoms with Gasteiger partial charge in [0.05, 0.1) is 5.69 Å². The first-order chi connectivity index (χ1) is 9.93. The van der Waals surface area contributed by atoms with Gasteiger partial charge in [-0.05, 0) is 31.5 Å². The molecule has 1 amide bonds. The van der Waals surface area contributed by atoms with Crippen LogP contribution >= 0.6 is 0 Å². The van der Waals surface area contributed by atoms with Gasteiger partial charge >= 0.3 is 0 Å². The van der Waals surface area contributed by atoms with Crippen LogP contribution in [0.1, 0.15) is 16.7 Å². The van der Waals surface area contributed by atoms with E-state index >= 15 is 0 Å². The number of rotatable bonds is 3. The number of carbonyl (C=O) groups excluding carboxylic acids is 1. The number of hydrogen-bond donors (Lipinski definition) is 1. The number of aryl methyl sites for hydroxylation is 2. The number of carbonyl (C=O) groups is 1. The van der Waals surface area contributed by atoms with E-state index in [-0.39, 0.29) is 12.1 Å². The number of nitrogens with zero attached hydrogens (tertiary/aromatic N) is 2. The molecule has 5 heteroatoms. The summed E-state index contributed by atoms with van der Waals surface area (Å²) in [4.78, 5) is 23.5. The van der Waals surface area contributed by atoms with E-state index in [1.54, 1.807) is 6.07 Å². The molecular weight excluding hydrogens is 266 g/mol. The first-order valence-electron chi connectivity index (χ1n) is 6.44. The smallest absolute Gasteiger partial charge is 0.269 e. The topological polar surface area (TPSA) is 88.9 Å². The third-order valence-electron chi connectivity index (χ3n) is 3.27. The Balaban J connectivity index is 2.74. The van der Waals surface area contributed by atoms with Crippen molar-refractivity contribution in [1.82, 2.24) is 4.57 Å². The molecule has 0 unspecified atom stereocenters. The molecule has 21 heavy (non-hydrogen) atoms. The Hall–Kier alpha value is -2.87. The van der Waals surface area contributed by atoms with Gasteiger partial charge in [0.2, 0.25) is 5.91 Å². The lowest BCUT2D eigenvalue weighted by atomic mass is 10.0. The average Bonchev–Trinajstić information content (AvgIpc) is 2.41. The number of primary amides is 1. The Morgan fingerprint density at radius 1 is 1.29 bits per heavy atom. The van der Waals surface area contributed by atoms with Crippen molar-refractivity contribution in [2.45, 2.75) is 20.4 Å². The van der Waals surface area contributed by atoms with E-state index in [2.05, 4.69) is 0 Å². The zero-order chi connectivity index (χ0) is 15.6. The number of hydrogen-bond acceptors (Lipinski definition) is 3. The summed E-state index contributed by atoms with van der Waals surface area (Å²) in [5.41, 5.74) is 8.20. The lowest BCUT2D eigenvalue weighted by Crippen LogP contribution is -2.30. The van der Waals surface area contributed by atoms with Gasteiger partial charge < -0.3 is 5.73 Å².